The molecule has 0 saturated heterocycles. The van der Waals surface area contributed by atoms with Crippen LogP contribution >= 0.6 is 0 Å². The molecule has 32 heavy (non-hydrogen) atoms. The molecule has 1 aliphatic heterocycles. The van der Waals surface area contributed by atoms with Gasteiger partial charge in [-0.3, -0.25) is 4.79 Å². The maximum absolute atomic E-state index is 13.1. The number of benzene rings is 2. The Morgan fingerprint density at radius 2 is 1.69 bits per heavy atom. The van der Waals surface area contributed by atoms with E-state index >= 15 is 0 Å². The van der Waals surface area contributed by atoms with E-state index in [9.17, 15) is 35.2 Å². The summed E-state index contributed by atoms with van der Waals surface area (Å²) >= 11 is 0. The molecule has 174 valence electrons. The molecule has 0 fully saturated rings. The maximum Gasteiger partial charge on any atom is 0.425 e. The highest BCUT2D eigenvalue weighted by atomic mass is 32.2. The Morgan fingerprint density at radius 3 is 2.28 bits per heavy atom. The van der Waals surface area contributed by atoms with E-state index in [-0.39, 0.29) is 29.3 Å². The topological polar surface area (TPSA) is 72.9 Å². The quantitative estimate of drug-likeness (QED) is 0.582. The zero-order valence-corrected chi connectivity index (χ0v) is 17.6. The molecule has 0 bridgehead atoms. The fourth-order valence-electron chi connectivity index (χ4n) is 3.13. The molecule has 6 nitrogen and oxygen atoms in total. The van der Waals surface area contributed by atoms with Crippen LogP contribution in [0.15, 0.2) is 41.3 Å². The van der Waals surface area contributed by atoms with Crippen LogP contribution in [0.2, 0.25) is 0 Å². The average Bonchev–Trinajstić information content (AvgIpc) is 3.09. The molecular formula is C20H18F5NO5S. The molecule has 2 aromatic carbocycles. The van der Waals surface area contributed by atoms with Gasteiger partial charge in [-0.25, -0.2) is 8.42 Å². The maximum atomic E-state index is 13.1. The first-order chi connectivity index (χ1) is 14.8. The number of alkyl halides is 5. The van der Waals surface area contributed by atoms with Gasteiger partial charge >= 0.3 is 12.8 Å². The molecule has 3 rings (SSSR count). The molecule has 12 heteroatoms. The summed E-state index contributed by atoms with van der Waals surface area (Å²) in [5, 5.41) is 0. The first kappa shape index (κ1) is 23.8. The van der Waals surface area contributed by atoms with Crippen molar-refractivity contribution in [3.8, 4) is 11.5 Å². The van der Waals surface area contributed by atoms with Crippen LogP contribution in [-0.2, 0) is 22.9 Å². The molecule has 1 atom stereocenters. The van der Waals surface area contributed by atoms with Crippen molar-refractivity contribution in [1.29, 1.82) is 0 Å². The summed E-state index contributed by atoms with van der Waals surface area (Å²) in [7, 11) is -3.76. The number of fused-ring (bicyclic) bond motifs is 1. The van der Waals surface area contributed by atoms with Gasteiger partial charge in [0.1, 0.15) is 11.5 Å². The average molecular weight is 479 g/mol. The van der Waals surface area contributed by atoms with E-state index in [4.69, 9.17) is 4.74 Å². The lowest BCUT2D eigenvalue weighted by Crippen LogP contribution is -2.32. The molecule has 0 saturated carbocycles. The van der Waals surface area contributed by atoms with Gasteiger partial charge in [-0.05, 0) is 48.4 Å². The van der Waals surface area contributed by atoms with Crippen molar-refractivity contribution in [2.45, 2.75) is 43.8 Å². The number of carbonyl (C=O) groups is 1. The predicted octanol–water partition coefficient (Wildman–Crippen LogP) is 4.18. The number of sulfone groups is 1. The molecule has 1 amide bonds. The SMILES string of the molecule is C[C@H](Oc1ccc(S(C)(=O)=O)cc1C(=O)N1Cc2ccc(OC(F)F)cc2C1)C(F)(F)F. The number of hydrogen-bond donors (Lipinski definition) is 0. The number of halogens is 5. The fourth-order valence-corrected chi connectivity index (χ4v) is 3.78. The molecule has 0 aromatic heterocycles. The summed E-state index contributed by atoms with van der Waals surface area (Å²) in [4.78, 5) is 14.1. The number of ether oxygens (including phenoxy) is 2. The normalized spacial score (nSPS) is 14.9. The summed E-state index contributed by atoms with van der Waals surface area (Å²) in [5.41, 5.74) is 0.785. The highest BCUT2D eigenvalue weighted by molar-refractivity contribution is 7.90. The van der Waals surface area contributed by atoms with Crippen molar-refractivity contribution in [3.63, 3.8) is 0 Å². The number of rotatable bonds is 6. The van der Waals surface area contributed by atoms with Crippen molar-refractivity contribution >= 4 is 15.7 Å². The minimum Gasteiger partial charge on any atom is -0.480 e. The van der Waals surface area contributed by atoms with Crippen LogP contribution in [0.5, 0.6) is 11.5 Å². The second-order valence-corrected chi connectivity index (χ2v) is 9.22. The summed E-state index contributed by atoms with van der Waals surface area (Å²) in [6.07, 6.45) is -6.06. The van der Waals surface area contributed by atoms with Gasteiger partial charge in [-0.2, -0.15) is 22.0 Å². The molecule has 2 aromatic rings. The molecule has 0 aliphatic carbocycles. The van der Waals surface area contributed by atoms with Crippen LogP contribution in [0.1, 0.15) is 28.4 Å². The Morgan fingerprint density at radius 1 is 1.03 bits per heavy atom. The van der Waals surface area contributed by atoms with Crippen molar-refractivity contribution in [1.82, 2.24) is 4.90 Å². The van der Waals surface area contributed by atoms with Crippen LogP contribution in [-0.4, -0.2) is 44.4 Å². The van der Waals surface area contributed by atoms with E-state index in [1.54, 1.807) is 0 Å². The predicted molar refractivity (Wildman–Crippen MR) is 102 cm³/mol. The van der Waals surface area contributed by atoms with Crippen LogP contribution in [0, 0.1) is 0 Å². The van der Waals surface area contributed by atoms with Crippen molar-refractivity contribution in [2.24, 2.45) is 0 Å². The van der Waals surface area contributed by atoms with E-state index in [1.807, 2.05) is 0 Å². The zero-order chi connectivity index (χ0) is 23.8. The Labute approximate surface area is 180 Å². The summed E-state index contributed by atoms with van der Waals surface area (Å²) in [5.74, 6) is -1.30. The third-order valence-electron chi connectivity index (χ3n) is 4.79. The van der Waals surface area contributed by atoms with E-state index < -0.39 is 40.4 Å². The molecule has 1 heterocycles. The minimum absolute atomic E-state index is 0.0357. The van der Waals surface area contributed by atoms with E-state index in [2.05, 4.69) is 4.74 Å². The monoisotopic (exact) mass is 479 g/mol. The van der Waals surface area contributed by atoms with E-state index in [1.165, 1.54) is 23.1 Å². The number of amides is 1. The highest BCUT2D eigenvalue weighted by Gasteiger charge is 2.39. The third kappa shape index (κ3) is 5.29. The number of nitrogens with zero attached hydrogens (tertiary/aromatic N) is 1. The first-order valence-electron chi connectivity index (χ1n) is 9.19. The summed E-state index contributed by atoms with van der Waals surface area (Å²) in [6.45, 7) is -2.26. The van der Waals surface area contributed by atoms with E-state index in [0.717, 1.165) is 31.4 Å². The van der Waals surface area contributed by atoms with Gasteiger partial charge in [-0.1, -0.05) is 6.07 Å². The fraction of sp³-hybridized carbons (Fsp3) is 0.350. The van der Waals surface area contributed by atoms with Gasteiger partial charge in [0.2, 0.25) is 0 Å². The summed E-state index contributed by atoms with van der Waals surface area (Å²) in [6, 6.07) is 7.16. The minimum atomic E-state index is -4.71. The standard InChI is InChI=1S/C20H18F5NO5S/c1-11(20(23,24)25)30-17-6-5-15(32(2,28)29)8-16(17)18(27)26-9-12-3-4-14(31-19(21)22)7-13(12)10-26/h3-8,11,19H,9-10H2,1-2H3/t11-/m0/s1. The molecule has 0 spiro atoms. The molecule has 0 N–H and O–H groups in total. The van der Waals surface area contributed by atoms with Crippen molar-refractivity contribution in [2.75, 3.05) is 6.26 Å². The van der Waals surface area contributed by atoms with Crippen LogP contribution < -0.4 is 9.47 Å². The van der Waals surface area contributed by atoms with Gasteiger partial charge in [0.25, 0.3) is 5.91 Å². The largest absolute Gasteiger partial charge is 0.480 e. The summed E-state index contributed by atoms with van der Waals surface area (Å²) < 4.78 is 96.8. The lowest BCUT2D eigenvalue weighted by molar-refractivity contribution is -0.189. The Kier molecular flexibility index (Phi) is 6.36. The first-order valence-corrected chi connectivity index (χ1v) is 11.1. The third-order valence-corrected chi connectivity index (χ3v) is 5.90. The van der Waals surface area contributed by atoms with Crippen molar-refractivity contribution < 1.29 is 44.6 Å². The van der Waals surface area contributed by atoms with Gasteiger partial charge in [0.05, 0.1) is 10.5 Å². The van der Waals surface area contributed by atoms with Gasteiger partial charge in [-0.15, -0.1) is 0 Å². The van der Waals surface area contributed by atoms with Crippen LogP contribution in [0.4, 0.5) is 22.0 Å². The Bertz CT molecular complexity index is 1130. The van der Waals surface area contributed by atoms with Gasteiger partial charge < -0.3 is 14.4 Å². The molecule has 1 aliphatic rings. The van der Waals surface area contributed by atoms with Crippen molar-refractivity contribution in [3.05, 3.63) is 53.1 Å². The molecular weight excluding hydrogens is 461 g/mol. The smallest absolute Gasteiger partial charge is 0.425 e. The van der Waals surface area contributed by atoms with Crippen LogP contribution in [0.25, 0.3) is 0 Å². The highest BCUT2D eigenvalue weighted by Crippen LogP contribution is 2.33. The zero-order valence-electron chi connectivity index (χ0n) is 16.8. The Balaban J connectivity index is 1.93. The van der Waals surface area contributed by atoms with Gasteiger partial charge in [0.15, 0.2) is 15.9 Å². The van der Waals surface area contributed by atoms with Crippen LogP contribution in [0.3, 0.4) is 0 Å². The number of carbonyl (C=O) groups excluding carboxylic acids is 1. The van der Waals surface area contributed by atoms with Gasteiger partial charge in [0, 0.05) is 19.3 Å². The lowest BCUT2D eigenvalue weighted by Gasteiger charge is -2.22. The second kappa shape index (κ2) is 8.57. The lowest BCUT2D eigenvalue weighted by atomic mass is 10.1. The number of hydrogen-bond acceptors (Lipinski definition) is 5. The Hall–Kier alpha value is -2.89. The second-order valence-electron chi connectivity index (χ2n) is 7.20. The molecule has 0 unspecified atom stereocenters. The molecule has 0 radical (unpaired) electrons. The van der Waals surface area contributed by atoms with E-state index in [0.29, 0.717) is 11.1 Å².